The first-order valence-corrected chi connectivity index (χ1v) is 6.65. The number of halogens is 1. The highest BCUT2D eigenvalue weighted by Crippen LogP contribution is 2.65. The highest BCUT2D eigenvalue weighted by atomic mass is 127. The number of aromatic nitrogens is 2. The Morgan fingerprint density at radius 3 is 2.81 bits per heavy atom. The van der Waals surface area contributed by atoms with Gasteiger partial charge in [-0.15, -0.1) is 0 Å². The van der Waals surface area contributed by atoms with Gasteiger partial charge in [-0.3, -0.25) is 5.10 Å². The molecule has 0 atom stereocenters. The van der Waals surface area contributed by atoms with E-state index in [2.05, 4.69) is 32.8 Å². The van der Waals surface area contributed by atoms with Crippen LogP contribution in [-0.2, 0) is 10.2 Å². The van der Waals surface area contributed by atoms with Gasteiger partial charge in [0.05, 0.1) is 15.9 Å². The maximum absolute atomic E-state index is 11.6. The molecule has 3 aliphatic rings. The van der Waals surface area contributed by atoms with Crippen molar-refractivity contribution in [3.8, 4) is 0 Å². The average molecular weight is 332 g/mol. The summed E-state index contributed by atoms with van der Waals surface area (Å²) in [5, 5.41) is 7.14. The number of nitrogens with one attached hydrogen (secondary N) is 1. The highest BCUT2D eigenvalue weighted by molar-refractivity contribution is 14.1. The molecule has 0 radical (unpaired) electrons. The van der Waals surface area contributed by atoms with Crippen molar-refractivity contribution in [1.82, 2.24) is 10.2 Å². The molecule has 3 saturated carbocycles. The van der Waals surface area contributed by atoms with E-state index in [1.54, 1.807) is 0 Å². The lowest BCUT2D eigenvalue weighted by molar-refractivity contribution is -0.0315. The fraction of sp³-hybridized carbons (Fsp3) is 0.636. The molecule has 0 amide bonds. The Kier molecular flexibility index (Phi) is 2.28. The Morgan fingerprint density at radius 1 is 1.62 bits per heavy atom. The van der Waals surface area contributed by atoms with Crippen molar-refractivity contribution in [2.75, 3.05) is 6.61 Å². The SMILES string of the molecule is CCOC(=O)c1[nH]nc(C23CC(C2)C3)c1I. The molecule has 1 aromatic heterocycles. The predicted octanol–water partition coefficient (Wildman–Crippen LogP) is 2.24. The predicted molar refractivity (Wildman–Crippen MR) is 66.3 cm³/mol. The molecule has 0 saturated heterocycles. The van der Waals surface area contributed by atoms with Crippen molar-refractivity contribution in [3.05, 3.63) is 15.0 Å². The number of ether oxygens (including phenoxy) is 1. The number of carbonyl (C=O) groups excluding carboxylic acids is 1. The van der Waals surface area contributed by atoms with Gasteiger partial charge in [0.2, 0.25) is 0 Å². The lowest BCUT2D eigenvalue weighted by Gasteiger charge is -2.61. The topological polar surface area (TPSA) is 55.0 Å². The van der Waals surface area contributed by atoms with Gasteiger partial charge < -0.3 is 4.74 Å². The zero-order valence-electron chi connectivity index (χ0n) is 9.05. The Hall–Kier alpha value is -0.590. The number of carbonyl (C=O) groups is 1. The minimum atomic E-state index is -0.294. The van der Waals surface area contributed by atoms with E-state index in [0.717, 1.165) is 15.2 Å². The van der Waals surface area contributed by atoms with Crippen molar-refractivity contribution < 1.29 is 9.53 Å². The van der Waals surface area contributed by atoms with Crippen molar-refractivity contribution in [1.29, 1.82) is 0 Å². The zero-order valence-corrected chi connectivity index (χ0v) is 11.2. The van der Waals surface area contributed by atoms with Gasteiger partial charge in [-0.1, -0.05) is 0 Å². The smallest absolute Gasteiger partial charge is 0.357 e. The summed E-state index contributed by atoms with van der Waals surface area (Å²) < 4.78 is 5.94. The maximum atomic E-state index is 11.6. The first-order valence-electron chi connectivity index (χ1n) is 5.58. The molecule has 0 spiro atoms. The Bertz CT molecular complexity index is 438. The molecule has 3 fully saturated rings. The molecule has 4 nitrogen and oxygen atoms in total. The second-order valence-electron chi connectivity index (χ2n) is 4.74. The molecule has 1 aromatic rings. The van der Waals surface area contributed by atoms with Gasteiger partial charge in [0.25, 0.3) is 0 Å². The van der Waals surface area contributed by atoms with E-state index in [4.69, 9.17) is 4.74 Å². The third kappa shape index (κ3) is 1.26. The van der Waals surface area contributed by atoms with Crippen LogP contribution < -0.4 is 0 Å². The Labute approximate surface area is 107 Å². The van der Waals surface area contributed by atoms with E-state index in [-0.39, 0.29) is 5.97 Å². The summed E-state index contributed by atoms with van der Waals surface area (Å²) in [4.78, 5) is 11.6. The third-order valence-corrected chi connectivity index (χ3v) is 4.78. The number of hydrogen-bond acceptors (Lipinski definition) is 3. The lowest BCUT2D eigenvalue weighted by Crippen LogP contribution is -2.55. The van der Waals surface area contributed by atoms with Crippen LogP contribution in [0.1, 0.15) is 42.4 Å². The molecule has 1 heterocycles. The van der Waals surface area contributed by atoms with E-state index in [1.807, 2.05) is 6.92 Å². The van der Waals surface area contributed by atoms with E-state index >= 15 is 0 Å². The largest absolute Gasteiger partial charge is 0.461 e. The van der Waals surface area contributed by atoms with Crippen molar-refractivity contribution in [2.24, 2.45) is 5.92 Å². The average Bonchev–Trinajstić information content (AvgIpc) is 2.44. The molecule has 0 unspecified atom stereocenters. The van der Waals surface area contributed by atoms with Gasteiger partial charge in [-0.25, -0.2) is 4.79 Å². The zero-order chi connectivity index (χ0) is 11.3. The molecule has 86 valence electrons. The van der Waals surface area contributed by atoms with Crippen LogP contribution >= 0.6 is 22.6 Å². The summed E-state index contributed by atoms with van der Waals surface area (Å²) in [5.41, 5.74) is 1.89. The summed E-state index contributed by atoms with van der Waals surface area (Å²) in [6.07, 6.45) is 3.74. The molecule has 0 aromatic carbocycles. The van der Waals surface area contributed by atoms with Crippen LogP contribution in [0.4, 0.5) is 0 Å². The number of esters is 1. The molecule has 1 N–H and O–H groups in total. The van der Waals surface area contributed by atoms with Crippen LogP contribution in [0.3, 0.4) is 0 Å². The number of rotatable bonds is 3. The van der Waals surface area contributed by atoms with Crippen LogP contribution in [0.5, 0.6) is 0 Å². The van der Waals surface area contributed by atoms with Crippen LogP contribution in [0.25, 0.3) is 0 Å². The number of aromatic amines is 1. The van der Waals surface area contributed by atoms with Crippen LogP contribution in [-0.4, -0.2) is 22.8 Å². The van der Waals surface area contributed by atoms with E-state index in [1.165, 1.54) is 19.3 Å². The lowest BCUT2D eigenvalue weighted by atomic mass is 9.43. The molecule has 16 heavy (non-hydrogen) atoms. The third-order valence-electron chi connectivity index (χ3n) is 3.73. The van der Waals surface area contributed by atoms with Crippen molar-refractivity contribution in [3.63, 3.8) is 0 Å². The van der Waals surface area contributed by atoms with Gasteiger partial charge >= 0.3 is 5.97 Å². The van der Waals surface area contributed by atoms with E-state index in [0.29, 0.717) is 17.7 Å². The van der Waals surface area contributed by atoms with Crippen LogP contribution in [0.15, 0.2) is 0 Å². The second-order valence-corrected chi connectivity index (χ2v) is 5.82. The standard InChI is InChI=1S/C11H13IN2O2/c1-2-16-10(15)8-7(12)9(14-13-8)11-3-6(4-11)5-11/h6H,2-5H2,1H3,(H,13,14). The van der Waals surface area contributed by atoms with Gasteiger partial charge in [0.1, 0.15) is 0 Å². The monoisotopic (exact) mass is 332 g/mol. The van der Waals surface area contributed by atoms with Gasteiger partial charge in [0.15, 0.2) is 5.69 Å². The second kappa shape index (κ2) is 3.45. The number of H-pyrrole nitrogens is 1. The molecule has 0 aliphatic heterocycles. The quantitative estimate of drug-likeness (QED) is 0.682. The van der Waals surface area contributed by atoms with Crippen LogP contribution in [0.2, 0.25) is 0 Å². The molecule has 5 heteroatoms. The van der Waals surface area contributed by atoms with E-state index in [9.17, 15) is 4.79 Å². The Morgan fingerprint density at radius 2 is 2.31 bits per heavy atom. The maximum Gasteiger partial charge on any atom is 0.357 e. The summed E-state index contributed by atoms with van der Waals surface area (Å²) in [6, 6.07) is 0. The minimum absolute atomic E-state index is 0.294. The number of nitrogens with zero attached hydrogens (tertiary/aromatic N) is 1. The molecular formula is C11H13IN2O2. The summed E-state index contributed by atoms with van der Waals surface area (Å²) >= 11 is 2.20. The first-order chi connectivity index (χ1) is 7.66. The van der Waals surface area contributed by atoms with Crippen molar-refractivity contribution >= 4 is 28.6 Å². The van der Waals surface area contributed by atoms with Gasteiger partial charge in [-0.05, 0) is 54.7 Å². The fourth-order valence-corrected chi connectivity index (χ4v) is 3.82. The normalized spacial score (nSPS) is 30.5. The highest BCUT2D eigenvalue weighted by Gasteiger charge is 2.59. The van der Waals surface area contributed by atoms with Gasteiger partial charge in [-0.2, -0.15) is 5.10 Å². The fourth-order valence-electron chi connectivity index (χ4n) is 2.79. The van der Waals surface area contributed by atoms with E-state index < -0.39 is 0 Å². The molecular weight excluding hydrogens is 319 g/mol. The first kappa shape index (κ1) is 10.6. The Balaban J connectivity index is 1.89. The minimum Gasteiger partial charge on any atom is -0.461 e. The number of hydrogen-bond donors (Lipinski definition) is 1. The molecule has 2 bridgehead atoms. The van der Waals surface area contributed by atoms with Gasteiger partial charge in [0, 0.05) is 5.41 Å². The summed E-state index contributed by atoms with van der Waals surface area (Å²) in [6.45, 7) is 2.21. The molecule has 3 aliphatic carbocycles. The summed E-state index contributed by atoms with van der Waals surface area (Å²) in [7, 11) is 0. The van der Waals surface area contributed by atoms with Crippen molar-refractivity contribution in [2.45, 2.75) is 31.6 Å². The summed E-state index contributed by atoms with van der Waals surface area (Å²) in [5.74, 6) is 0.621. The molecule has 4 rings (SSSR count). The van der Waals surface area contributed by atoms with Crippen LogP contribution in [0, 0.1) is 9.49 Å².